The normalized spacial score (nSPS) is 11.8. The molecule has 7 heteroatoms. The van der Waals surface area contributed by atoms with Gasteiger partial charge in [0.2, 0.25) is 5.88 Å². The zero-order chi connectivity index (χ0) is 18.0. The van der Waals surface area contributed by atoms with Crippen molar-refractivity contribution in [3.05, 3.63) is 62.9 Å². The minimum atomic E-state index is -0.308. The highest BCUT2D eigenvalue weighted by atomic mass is 35.5. The van der Waals surface area contributed by atoms with Gasteiger partial charge < -0.3 is 15.0 Å². The van der Waals surface area contributed by atoms with Crippen LogP contribution < -0.4 is 15.6 Å². The molecule has 0 bridgehead atoms. The summed E-state index contributed by atoms with van der Waals surface area (Å²) >= 11 is 6.02. The maximum Gasteiger partial charge on any atom is 0.253 e. The highest BCUT2D eigenvalue weighted by molar-refractivity contribution is 6.31. The van der Waals surface area contributed by atoms with Crippen molar-refractivity contribution in [3.63, 3.8) is 0 Å². The first-order valence-corrected chi connectivity index (χ1v) is 7.94. The lowest BCUT2D eigenvalue weighted by molar-refractivity contribution is 0.397. The number of aromatic amines is 1. The van der Waals surface area contributed by atoms with Crippen LogP contribution in [0.25, 0.3) is 10.9 Å². The Bertz CT molecular complexity index is 1040. The number of rotatable bonds is 4. The smallest absolute Gasteiger partial charge is 0.253 e. The van der Waals surface area contributed by atoms with Gasteiger partial charge in [-0.1, -0.05) is 11.6 Å². The average molecular weight is 355 g/mol. The summed E-state index contributed by atoms with van der Waals surface area (Å²) in [5.41, 5.74) is 1.44. The number of hydrogen-bond donors (Lipinski definition) is 2. The summed E-state index contributed by atoms with van der Waals surface area (Å²) in [5, 5.41) is 13.6. The minimum absolute atomic E-state index is 0.185. The van der Waals surface area contributed by atoms with Gasteiger partial charge in [0.15, 0.2) is 0 Å². The zero-order valence-corrected chi connectivity index (χ0v) is 14.4. The number of benzene rings is 1. The van der Waals surface area contributed by atoms with E-state index in [1.54, 1.807) is 36.4 Å². The summed E-state index contributed by atoms with van der Waals surface area (Å²) in [6, 6.07) is 12.1. The largest absolute Gasteiger partial charge is 0.480 e. The Morgan fingerprint density at radius 1 is 1.32 bits per heavy atom. The van der Waals surface area contributed by atoms with Crippen molar-refractivity contribution in [1.82, 2.24) is 9.97 Å². The van der Waals surface area contributed by atoms with Crippen molar-refractivity contribution in [1.29, 1.82) is 5.26 Å². The highest BCUT2D eigenvalue weighted by Crippen LogP contribution is 2.23. The Balaban J connectivity index is 1.94. The van der Waals surface area contributed by atoms with Gasteiger partial charge in [-0.15, -0.1) is 0 Å². The van der Waals surface area contributed by atoms with Crippen LogP contribution in [0.1, 0.15) is 24.1 Å². The lowest BCUT2D eigenvalue weighted by atomic mass is 10.1. The fraction of sp³-hybridized carbons (Fsp3) is 0.167. The van der Waals surface area contributed by atoms with Crippen LogP contribution >= 0.6 is 11.6 Å². The molecule has 0 radical (unpaired) electrons. The van der Waals surface area contributed by atoms with Crippen LogP contribution in [0.3, 0.4) is 0 Å². The fourth-order valence-electron chi connectivity index (χ4n) is 2.58. The molecule has 3 rings (SSSR count). The first-order valence-electron chi connectivity index (χ1n) is 7.56. The topological polar surface area (TPSA) is 90.8 Å². The maximum absolute atomic E-state index is 12.4. The minimum Gasteiger partial charge on any atom is -0.480 e. The molecular formula is C18H15ClN4O2. The number of ether oxygens (including phenoxy) is 1. The van der Waals surface area contributed by atoms with Crippen LogP contribution in [-0.2, 0) is 0 Å². The van der Waals surface area contributed by atoms with Gasteiger partial charge in [0.1, 0.15) is 17.5 Å². The van der Waals surface area contributed by atoms with E-state index < -0.39 is 0 Å². The third-order valence-electron chi connectivity index (χ3n) is 3.84. The van der Waals surface area contributed by atoms with Gasteiger partial charge >= 0.3 is 0 Å². The van der Waals surface area contributed by atoms with E-state index in [0.29, 0.717) is 22.0 Å². The predicted octanol–water partition coefficient (Wildman–Crippen LogP) is 3.63. The van der Waals surface area contributed by atoms with Gasteiger partial charge in [-0.05, 0) is 43.3 Å². The lowest BCUT2D eigenvalue weighted by Crippen LogP contribution is -2.19. The first-order chi connectivity index (χ1) is 12.0. The number of pyridine rings is 2. The second kappa shape index (κ2) is 6.83. The number of H-pyrrole nitrogens is 1. The number of nitriles is 1. The van der Waals surface area contributed by atoms with Gasteiger partial charge in [-0.2, -0.15) is 10.2 Å². The number of halogens is 1. The molecule has 6 nitrogen and oxygen atoms in total. The van der Waals surface area contributed by atoms with Crippen molar-refractivity contribution in [3.8, 4) is 11.9 Å². The molecule has 0 saturated carbocycles. The van der Waals surface area contributed by atoms with Crippen molar-refractivity contribution in [2.75, 3.05) is 12.4 Å². The van der Waals surface area contributed by atoms with Crippen LogP contribution in [0.4, 0.5) is 5.82 Å². The summed E-state index contributed by atoms with van der Waals surface area (Å²) in [6.07, 6.45) is 0. The number of hydrogen-bond acceptors (Lipinski definition) is 5. The van der Waals surface area contributed by atoms with Gasteiger partial charge in [-0.25, -0.2) is 0 Å². The maximum atomic E-state index is 12.4. The zero-order valence-electron chi connectivity index (χ0n) is 13.6. The predicted molar refractivity (Wildman–Crippen MR) is 97.1 cm³/mol. The van der Waals surface area contributed by atoms with Crippen LogP contribution in [-0.4, -0.2) is 17.1 Å². The number of methoxy groups -OCH3 is 1. The molecule has 1 aromatic carbocycles. The molecule has 2 aromatic heterocycles. The van der Waals surface area contributed by atoms with E-state index >= 15 is 0 Å². The third-order valence-corrected chi connectivity index (χ3v) is 4.08. The quantitative estimate of drug-likeness (QED) is 0.746. The van der Waals surface area contributed by atoms with Gasteiger partial charge in [0, 0.05) is 21.5 Å². The lowest BCUT2D eigenvalue weighted by Gasteiger charge is -2.15. The number of fused-ring (bicyclic) bond motifs is 1. The molecule has 25 heavy (non-hydrogen) atoms. The van der Waals surface area contributed by atoms with Crippen molar-refractivity contribution in [2.45, 2.75) is 13.0 Å². The Kier molecular flexibility index (Phi) is 4.59. The SMILES string of the molecule is COc1nc(NC(C)c2cc3cc(Cl)ccc3[nH]c2=O)ccc1C#N. The summed E-state index contributed by atoms with van der Waals surface area (Å²) in [7, 11) is 1.45. The Labute approximate surface area is 149 Å². The van der Waals surface area contributed by atoms with E-state index in [2.05, 4.69) is 15.3 Å². The van der Waals surface area contributed by atoms with Crippen molar-refractivity contribution < 1.29 is 4.74 Å². The Hall–Kier alpha value is -3.04. The van der Waals surface area contributed by atoms with E-state index in [4.69, 9.17) is 21.6 Å². The van der Waals surface area contributed by atoms with E-state index in [1.165, 1.54) is 7.11 Å². The molecule has 2 heterocycles. The van der Waals surface area contributed by atoms with E-state index in [-0.39, 0.29) is 17.5 Å². The number of anilines is 1. The molecule has 0 aliphatic carbocycles. The molecule has 3 aromatic rings. The molecule has 0 fully saturated rings. The number of nitrogens with zero attached hydrogens (tertiary/aromatic N) is 2. The van der Waals surface area contributed by atoms with Crippen LogP contribution in [0.2, 0.25) is 5.02 Å². The van der Waals surface area contributed by atoms with E-state index in [0.717, 1.165) is 10.9 Å². The van der Waals surface area contributed by atoms with E-state index in [1.807, 2.05) is 13.0 Å². The molecule has 0 saturated heterocycles. The molecule has 126 valence electrons. The van der Waals surface area contributed by atoms with Crippen LogP contribution in [0.5, 0.6) is 5.88 Å². The summed E-state index contributed by atoms with van der Waals surface area (Å²) in [6.45, 7) is 1.85. The van der Waals surface area contributed by atoms with Crippen molar-refractivity contribution in [2.24, 2.45) is 0 Å². The molecule has 2 N–H and O–H groups in total. The Morgan fingerprint density at radius 2 is 2.12 bits per heavy atom. The molecule has 1 unspecified atom stereocenters. The summed E-state index contributed by atoms with van der Waals surface area (Å²) < 4.78 is 5.10. The molecule has 1 atom stereocenters. The average Bonchev–Trinajstić information content (AvgIpc) is 2.61. The molecule has 0 aliphatic rings. The van der Waals surface area contributed by atoms with Crippen molar-refractivity contribution >= 4 is 28.3 Å². The van der Waals surface area contributed by atoms with Gasteiger partial charge in [0.05, 0.1) is 13.2 Å². The third kappa shape index (κ3) is 3.42. The highest BCUT2D eigenvalue weighted by Gasteiger charge is 2.13. The number of nitrogens with one attached hydrogen (secondary N) is 2. The monoisotopic (exact) mass is 354 g/mol. The second-order valence-electron chi connectivity index (χ2n) is 5.52. The van der Waals surface area contributed by atoms with Crippen LogP contribution in [0.15, 0.2) is 41.2 Å². The van der Waals surface area contributed by atoms with Crippen LogP contribution in [0, 0.1) is 11.3 Å². The number of aromatic nitrogens is 2. The van der Waals surface area contributed by atoms with Gasteiger partial charge in [0.25, 0.3) is 5.56 Å². The molecule has 0 amide bonds. The first kappa shape index (κ1) is 16.8. The Morgan fingerprint density at radius 3 is 2.84 bits per heavy atom. The molecule has 0 spiro atoms. The summed E-state index contributed by atoms with van der Waals surface area (Å²) in [4.78, 5) is 19.5. The standard InChI is InChI=1S/C18H15ClN4O2/c1-10(21-16-6-3-11(9-20)18(23-16)25-2)14-8-12-7-13(19)4-5-15(12)22-17(14)24/h3-8,10H,1-2H3,(H,21,23)(H,22,24). The molecule has 0 aliphatic heterocycles. The van der Waals surface area contributed by atoms with Gasteiger partial charge in [-0.3, -0.25) is 4.79 Å². The fourth-order valence-corrected chi connectivity index (χ4v) is 2.76. The second-order valence-corrected chi connectivity index (χ2v) is 5.95. The molecular weight excluding hydrogens is 340 g/mol. The van der Waals surface area contributed by atoms with E-state index in [9.17, 15) is 4.79 Å². The summed E-state index contributed by atoms with van der Waals surface area (Å²) in [5.74, 6) is 0.743.